The highest BCUT2D eigenvalue weighted by Gasteiger charge is 2.25. The molecule has 10 nitrogen and oxygen atoms in total. The van der Waals surface area contributed by atoms with Gasteiger partial charge in [0.15, 0.2) is 0 Å². The lowest BCUT2D eigenvalue weighted by atomic mass is 10.0. The minimum atomic E-state index is -4.97. The minimum Gasteiger partial charge on any atom is -0.478 e. The lowest BCUT2D eigenvalue weighted by molar-refractivity contribution is 0.0681. The van der Waals surface area contributed by atoms with Crippen LogP contribution < -0.4 is 0 Å². The lowest BCUT2D eigenvalue weighted by Gasteiger charge is -2.09. The standard InChI is InChI=1S/C12H7O10S2/c13-11(14)7-1-5-3-10(24(20,21)22)8(12(15)16)2-6(5)4-9(7)23(17,18)19/h1,3-4H,(H,13,14)(H,15,16)(H,17,18,19)(H,20,21,22). The Balaban J connectivity index is 3.03. The van der Waals surface area contributed by atoms with Gasteiger partial charge in [0.2, 0.25) is 0 Å². The number of hydrogen-bond acceptors (Lipinski definition) is 6. The molecule has 2 aromatic carbocycles. The van der Waals surface area contributed by atoms with Crippen molar-refractivity contribution < 1.29 is 45.7 Å². The molecule has 4 N–H and O–H groups in total. The summed E-state index contributed by atoms with van der Waals surface area (Å²) in [5, 5.41) is 17.5. The lowest BCUT2D eigenvalue weighted by Crippen LogP contribution is -2.11. The predicted molar refractivity (Wildman–Crippen MR) is 76.3 cm³/mol. The zero-order valence-corrected chi connectivity index (χ0v) is 12.9. The fraction of sp³-hybridized carbons (Fsp3) is 0. The third-order valence-corrected chi connectivity index (χ3v) is 4.72. The molecule has 0 saturated carbocycles. The van der Waals surface area contributed by atoms with Crippen molar-refractivity contribution >= 4 is 42.9 Å². The summed E-state index contributed by atoms with van der Waals surface area (Å²) in [6.07, 6.45) is 0. The van der Waals surface area contributed by atoms with E-state index in [1.807, 2.05) is 0 Å². The number of rotatable bonds is 4. The van der Waals surface area contributed by atoms with Gasteiger partial charge >= 0.3 is 11.9 Å². The van der Waals surface area contributed by atoms with Gasteiger partial charge in [-0.3, -0.25) is 9.11 Å². The molecule has 0 unspecified atom stereocenters. The molecule has 0 aromatic heterocycles. The van der Waals surface area contributed by atoms with Gasteiger partial charge in [0, 0.05) is 6.07 Å². The van der Waals surface area contributed by atoms with Gasteiger partial charge in [0.1, 0.15) is 9.79 Å². The molecule has 24 heavy (non-hydrogen) atoms. The van der Waals surface area contributed by atoms with Gasteiger partial charge in [-0.25, -0.2) is 9.59 Å². The summed E-state index contributed by atoms with van der Waals surface area (Å²) in [6.45, 7) is 0. The van der Waals surface area contributed by atoms with Gasteiger partial charge < -0.3 is 10.2 Å². The topological polar surface area (TPSA) is 183 Å². The molecule has 2 rings (SSSR count). The molecule has 127 valence electrons. The number of carbonyl (C=O) groups is 2. The maximum Gasteiger partial charge on any atom is 0.337 e. The quantitative estimate of drug-likeness (QED) is 0.550. The molecule has 0 amide bonds. The largest absolute Gasteiger partial charge is 0.478 e. The highest BCUT2D eigenvalue weighted by atomic mass is 32.2. The van der Waals surface area contributed by atoms with Crippen LogP contribution in [0.15, 0.2) is 28.0 Å². The van der Waals surface area contributed by atoms with Crippen molar-refractivity contribution in [2.24, 2.45) is 0 Å². The maximum atomic E-state index is 11.3. The fourth-order valence-electron chi connectivity index (χ4n) is 1.98. The summed E-state index contributed by atoms with van der Waals surface area (Å²) in [4.78, 5) is 20.2. The second kappa shape index (κ2) is 5.52. The van der Waals surface area contributed by atoms with E-state index in [1.165, 1.54) is 0 Å². The van der Waals surface area contributed by atoms with E-state index in [0.717, 1.165) is 0 Å². The summed E-state index contributed by atoms with van der Waals surface area (Å²) in [7, 11) is -9.93. The van der Waals surface area contributed by atoms with Gasteiger partial charge in [-0.15, -0.1) is 0 Å². The van der Waals surface area contributed by atoms with Crippen LogP contribution in [0.2, 0.25) is 0 Å². The number of aromatic carboxylic acids is 2. The molecule has 1 radical (unpaired) electrons. The van der Waals surface area contributed by atoms with Crippen molar-refractivity contribution in [3.63, 3.8) is 0 Å². The molecule has 2 aromatic rings. The molecular weight excluding hydrogens is 368 g/mol. The third kappa shape index (κ3) is 3.21. The summed E-state index contributed by atoms with van der Waals surface area (Å²) in [6, 6.07) is 4.07. The van der Waals surface area contributed by atoms with Gasteiger partial charge in [0.25, 0.3) is 20.2 Å². The number of carboxylic acids is 2. The van der Waals surface area contributed by atoms with Gasteiger partial charge in [-0.2, -0.15) is 16.8 Å². The van der Waals surface area contributed by atoms with E-state index in [2.05, 4.69) is 6.07 Å². The highest BCUT2D eigenvalue weighted by Crippen LogP contribution is 2.28. The molecule has 0 heterocycles. The van der Waals surface area contributed by atoms with Crippen molar-refractivity contribution in [3.05, 3.63) is 35.4 Å². The first kappa shape index (κ1) is 17.8. The van der Waals surface area contributed by atoms with Crippen molar-refractivity contribution in [1.82, 2.24) is 0 Å². The maximum absolute atomic E-state index is 11.3. The van der Waals surface area contributed by atoms with Crippen LogP contribution in [0.1, 0.15) is 20.7 Å². The van der Waals surface area contributed by atoms with E-state index in [1.54, 1.807) is 0 Å². The van der Waals surface area contributed by atoms with Crippen molar-refractivity contribution in [2.45, 2.75) is 9.79 Å². The highest BCUT2D eigenvalue weighted by molar-refractivity contribution is 7.86. The number of benzene rings is 2. The molecule has 0 aliphatic heterocycles. The van der Waals surface area contributed by atoms with E-state index in [4.69, 9.17) is 19.3 Å². The molecule has 12 heteroatoms. The Bertz CT molecular complexity index is 1010. The average molecular weight is 375 g/mol. The molecule has 0 bridgehead atoms. The molecule has 0 saturated heterocycles. The Labute approximate surface area is 134 Å². The van der Waals surface area contributed by atoms with Crippen LogP contribution in [-0.2, 0) is 20.2 Å². The predicted octanol–water partition coefficient (Wildman–Crippen LogP) is 0.530. The minimum absolute atomic E-state index is 0.225. The smallest absolute Gasteiger partial charge is 0.337 e. The molecular formula is C12H7O10S2. The normalized spacial score (nSPS) is 12.2. The monoisotopic (exact) mass is 375 g/mol. The first-order valence-electron chi connectivity index (χ1n) is 5.78. The zero-order valence-electron chi connectivity index (χ0n) is 11.3. The third-order valence-electron chi connectivity index (χ3n) is 2.94. The van der Waals surface area contributed by atoms with E-state index >= 15 is 0 Å². The van der Waals surface area contributed by atoms with Gasteiger partial charge in [0.05, 0.1) is 11.1 Å². The number of hydrogen-bond donors (Lipinski definition) is 4. The van der Waals surface area contributed by atoms with E-state index < -0.39 is 53.1 Å². The van der Waals surface area contributed by atoms with Crippen LogP contribution in [0, 0.1) is 6.07 Å². The van der Waals surface area contributed by atoms with Crippen LogP contribution in [0.4, 0.5) is 0 Å². The van der Waals surface area contributed by atoms with Crippen LogP contribution in [0.3, 0.4) is 0 Å². The van der Waals surface area contributed by atoms with Crippen molar-refractivity contribution in [3.8, 4) is 0 Å². The first-order chi connectivity index (χ1) is 10.8. The Morgan fingerprint density at radius 3 is 1.79 bits per heavy atom. The Morgan fingerprint density at radius 1 is 0.833 bits per heavy atom. The van der Waals surface area contributed by atoms with Crippen LogP contribution in [0.5, 0.6) is 0 Å². The summed E-state index contributed by atoms with van der Waals surface area (Å²) < 4.78 is 63.2. The molecule has 0 spiro atoms. The molecule has 0 fully saturated rings. The van der Waals surface area contributed by atoms with E-state index in [-0.39, 0.29) is 10.8 Å². The SMILES string of the molecule is O=C(O)c1[c]c2cc(S(=O)(=O)O)c(C(=O)O)cc2cc1S(=O)(=O)O. The van der Waals surface area contributed by atoms with Crippen molar-refractivity contribution in [1.29, 1.82) is 0 Å². The van der Waals surface area contributed by atoms with Crippen LogP contribution in [0.25, 0.3) is 10.8 Å². The molecule has 0 aliphatic carbocycles. The second-order valence-corrected chi connectivity index (χ2v) is 7.28. The first-order valence-corrected chi connectivity index (χ1v) is 8.66. The van der Waals surface area contributed by atoms with E-state index in [9.17, 15) is 26.4 Å². The van der Waals surface area contributed by atoms with Crippen LogP contribution >= 0.6 is 0 Å². The molecule has 0 atom stereocenters. The number of carboxylic acid groups (broad SMARTS) is 2. The van der Waals surface area contributed by atoms with Crippen LogP contribution in [-0.4, -0.2) is 48.1 Å². The van der Waals surface area contributed by atoms with Gasteiger partial charge in [-0.05, 0) is 29.0 Å². The zero-order chi connectivity index (χ0) is 18.4. The Morgan fingerprint density at radius 2 is 1.38 bits per heavy atom. The summed E-state index contributed by atoms with van der Waals surface area (Å²) in [5.41, 5.74) is -1.85. The van der Waals surface area contributed by atoms with Crippen molar-refractivity contribution in [2.75, 3.05) is 0 Å². The summed E-state index contributed by atoms with van der Waals surface area (Å²) >= 11 is 0. The van der Waals surface area contributed by atoms with E-state index in [0.29, 0.717) is 18.2 Å². The molecule has 0 aliphatic rings. The second-order valence-electron chi connectivity index (χ2n) is 4.50. The van der Waals surface area contributed by atoms with Gasteiger partial charge in [-0.1, -0.05) is 0 Å². The Hall–Kier alpha value is -2.54. The summed E-state index contributed by atoms with van der Waals surface area (Å²) in [5.74, 6) is -3.51. The Kier molecular flexibility index (Phi) is 4.10. The number of fused-ring (bicyclic) bond motifs is 1. The fourth-order valence-corrected chi connectivity index (χ4v) is 3.34. The average Bonchev–Trinajstić information content (AvgIpc) is 2.42.